The lowest BCUT2D eigenvalue weighted by Gasteiger charge is -1.96. The Kier molecular flexibility index (Phi) is 2.23. The quantitative estimate of drug-likeness (QED) is 0.530. The van der Waals surface area contributed by atoms with Crippen LogP contribution in [0.3, 0.4) is 0 Å². The lowest BCUT2D eigenvalue weighted by molar-refractivity contribution is 0.623. The number of hydrogen-bond donors (Lipinski definition) is 0. The minimum absolute atomic E-state index is 0.322. The van der Waals surface area contributed by atoms with Crippen LogP contribution in [0.1, 0.15) is 0 Å². The Hall–Kier alpha value is -2.89. The molecule has 96 valence electrons. The molecule has 6 heteroatoms. The lowest BCUT2D eigenvalue weighted by atomic mass is 10.2. The first-order valence-electron chi connectivity index (χ1n) is 6.03. The highest BCUT2D eigenvalue weighted by molar-refractivity contribution is 5.91. The van der Waals surface area contributed by atoms with Crippen LogP contribution in [-0.4, -0.2) is 24.6 Å². The van der Waals surface area contributed by atoms with Gasteiger partial charge in [-0.1, -0.05) is 12.1 Å². The number of halogens is 1. The van der Waals surface area contributed by atoms with E-state index in [1.807, 2.05) is 24.3 Å². The van der Waals surface area contributed by atoms with E-state index in [9.17, 15) is 4.39 Å². The van der Waals surface area contributed by atoms with Gasteiger partial charge in [0.15, 0.2) is 17.3 Å². The van der Waals surface area contributed by atoms with E-state index in [2.05, 4.69) is 20.1 Å². The molecular weight excluding hydrogens is 257 g/mol. The second-order valence-corrected chi connectivity index (χ2v) is 4.32. The van der Waals surface area contributed by atoms with Gasteiger partial charge in [0, 0.05) is 11.6 Å². The van der Waals surface area contributed by atoms with Crippen molar-refractivity contribution in [3.63, 3.8) is 0 Å². The summed E-state index contributed by atoms with van der Waals surface area (Å²) in [5, 5.41) is 5.15. The number of benzene rings is 1. The molecule has 5 nitrogen and oxygen atoms in total. The van der Waals surface area contributed by atoms with E-state index in [0.29, 0.717) is 17.0 Å². The second kappa shape index (κ2) is 4.06. The molecule has 20 heavy (non-hydrogen) atoms. The lowest BCUT2D eigenvalue weighted by Crippen LogP contribution is -1.91. The largest absolute Gasteiger partial charge is 0.262 e. The molecule has 0 aliphatic carbocycles. The third-order valence-electron chi connectivity index (χ3n) is 3.10. The standard InChI is InChI=1S/C14H8FN5/c15-11-7-16-6-5-9(11)13-18-14-10-3-1-2-4-12(10)17-8-20(14)19-13/h1-8H. The summed E-state index contributed by atoms with van der Waals surface area (Å²) in [6.45, 7) is 0. The Labute approximate surface area is 112 Å². The number of pyridine rings is 1. The molecule has 4 aromatic rings. The van der Waals surface area contributed by atoms with E-state index in [-0.39, 0.29) is 0 Å². The summed E-state index contributed by atoms with van der Waals surface area (Å²) in [4.78, 5) is 12.4. The topological polar surface area (TPSA) is 56.0 Å². The van der Waals surface area contributed by atoms with E-state index in [4.69, 9.17) is 0 Å². The fraction of sp³-hybridized carbons (Fsp3) is 0. The number of fused-ring (bicyclic) bond motifs is 3. The monoisotopic (exact) mass is 265 g/mol. The van der Waals surface area contributed by atoms with Crippen LogP contribution in [0.15, 0.2) is 49.1 Å². The van der Waals surface area contributed by atoms with E-state index in [1.54, 1.807) is 16.9 Å². The SMILES string of the molecule is Fc1cnccc1-c1nc2c3ccccc3ncn2n1. The molecule has 0 saturated carbocycles. The number of aromatic nitrogens is 5. The van der Waals surface area contributed by atoms with Crippen LogP contribution in [-0.2, 0) is 0 Å². The molecule has 0 bridgehead atoms. The molecule has 3 heterocycles. The van der Waals surface area contributed by atoms with Crippen LogP contribution >= 0.6 is 0 Å². The van der Waals surface area contributed by atoms with Gasteiger partial charge in [-0.15, -0.1) is 5.10 Å². The predicted molar refractivity (Wildman–Crippen MR) is 71.5 cm³/mol. The van der Waals surface area contributed by atoms with Gasteiger partial charge < -0.3 is 0 Å². The molecule has 0 unspecified atom stereocenters. The zero-order chi connectivity index (χ0) is 13.5. The summed E-state index contributed by atoms with van der Waals surface area (Å²) in [5.41, 5.74) is 1.81. The Morgan fingerprint density at radius 1 is 1.10 bits per heavy atom. The summed E-state index contributed by atoms with van der Waals surface area (Å²) in [7, 11) is 0. The first-order valence-corrected chi connectivity index (χ1v) is 6.03. The van der Waals surface area contributed by atoms with Gasteiger partial charge in [-0.05, 0) is 18.2 Å². The predicted octanol–water partition coefficient (Wildman–Crippen LogP) is 2.48. The number of hydrogen-bond acceptors (Lipinski definition) is 4. The highest BCUT2D eigenvalue weighted by Crippen LogP contribution is 2.22. The fourth-order valence-electron chi connectivity index (χ4n) is 2.15. The van der Waals surface area contributed by atoms with Crippen LogP contribution in [0.5, 0.6) is 0 Å². The minimum atomic E-state index is -0.444. The van der Waals surface area contributed by atoms with Crippen molar-refractivity contribution in [3.8, 4) is 11.4 Å². The summed E-state index contributed by atoms with van der Waals surface area (Å²) in [6, 6.07) is 9.19. The Bertz CT molecular complexity index is 931. The summed E-state index contributed by atoms with van der Waals surface area (Å²) in [5.74, 6) is -0.122. The van der Waals surface area contributed by atoms with Gasteiger partial charge in [-0.2, -0.15) is 0 Å². The molecule has 0 radical (unpaired) electrons. The zero-order valence-electron chi connectivity index (χ0n) is 10.2. The highest BCUT2D eigenvalue weighted by atomic mass is 19.1. The van der Waals surface area contributed by atoms with Gasteiger partial charge in [0.05, 0.1) is 17.3 Å². The number of para-hydroxylation sites is 1. The zero-order valence-corrected chi connectivity index (χ0v) is 10.2. The minimum Gasteiger partial charge on any atom is -0.262 e. The normalized spacial score (nSPS) is 11.2. The van der Waals surface area contributed by atoms with Gasteiger partial charge in [-0.25, -0.2) is 18.9 Å². The maximum Gasteiger partial charge on any atom is 0.185 e. The molecule has 0 atom stereocenters. The average Bonchev–Trinajstić information content (AvgIpc) is 2.92. The summed E-state index contributed by atoms with van der Waals surface area (Å²) < 4.78 is 15.3. The van der Waals surface area contributed by atoms with Crippen molar-refractivity contribution in [2.75, 3.05) is 0 Å². The first-order chi connectivity index (χ1) is 9.83. The Balaban J connectivity index is 2.04. The molecule has 0 amide bonds. The number of rotatable bonds is 1. The molecule has 0 aliphatic heterocycles. The van der Waals surface area contributed by atoms with E-state index in [0.717, 1.165) is 17.1 Å². The third kappa shape index (κ3) is 1.55. The van der Waals surface area contributed by atoms with Crippen LogP contribution < -0.4 is 0 Å². The van der Waals surface area contributed by atoms with Gasteiger partial charge in [0.2, 0.25) is 0 Å². The summed E-state index contributed by atoms with van der Waals surface area (Å²) >= 11 is 0. The second-order valence-electron chi connectivity index (χ2n) is 4.32. The van der Waals surface area contributed by atoms with Crippen LogP contribution in [0.25, 0.3) is 27.9 Å². The molecule has 0 saturated heterocycles. The number of nitrogens with zero attached hydrogens (tertiary/aromatic N) is 5. The summed E-state index contributed by atoms with van der Waals surface area (Å²) in [6.07, 6.45) is 4.24. The van der Waals surface area contributed by atoms with Crippen LogP contribution in [0, 0.1) is 5.82 Å². The first kappa shape index (κ1) is 11.0. The maximum absolute atomic E-state index is 13.8. The van der Waals surface area contributed by atoms with Crippen molar-refractivity contribution < 1.29 is 4.39 Å². The van der Waals surface area contributed by atoms with Crippen LogP contribution in [0.2, 0.25) is 0 Å². The van der Waals surface area contributed by atoms with Crippen LogP contribution in [0.4, 0.5) is 4.39 Å². The molecule has 0 fully saturated rings. The molecule has 0 spiro atoms. The van der Waals surface area contributed by atoms with Gasteiger partial charge in [0.25, 0.3) is 0 Å². The Morgan fingerprint density at radius 2 is 2.00 bits per heavy atom. The smallest absolute Gasteiger partial charge is 0.185 e. The third-order valence-corrected chi connectivity index (χ3v) is 3.10. The van der Waals surface area contributed by atoms with E-state index < -0.39 is 5.82 Å². The van der Waals surface area contributed by atoms with Gasteiger partial charge in [-0.3, -0.25) is 4.98 Å². The molecule has 1 aromatic carbocycles. The molecular formula is C14H8FN5. The fourth-order valence-corrected chi connectivity index (χ4v) is 2.15. The molecule has 3 aromatic heterocycles. The van der Waals surface area contributed by atoms with Gasteiger partial charge >= 0.3 is 0 Å². The molecule has 0 N–H and O–H groups in total. The van der Waals surface area contributed by atoms with E-state index in [1.165, 1.54) is 6.20 Å². The van der Waals surface area contributed by atoms with Crippen molar-refractivity contribution in [3.05, 3.63) is 54.9 Å². The van der Waals surface area contributed by atoms with Gasteiger partial charge in [0.1, 0.15) is 6.33 Å². The van der Waals surface area contributed by atoms with E-state index >= 15 is 0 Å². The maximum atomic E-state index is 13.8. The van der Waals surface area contributed by atoms with Crippen molar-refractivity contribution >= 4 is 16.6 Å². The Morgan fingerprint density at radius 3 is 2.90 bits per heavy atom. The molecule has 0 aliphatic rings. The van der Waals surface area contributed by atoms with Crippen molar-refractivity contribution in [2.24, 2.45) is 0 Å². The molecule has 4 rings (SSSR count). The van der Waals surface area contributed by atoms with Crippen molar-refractivity contribution in [1.29, 1.82) is 0 Å². The average molecular weight is 265 g/mol. The van der Waals surface area contributed by atoms with Crippen molar-refractivity contribution in [1.82, 2.24) is 24.6 Å². The van der Waals surface area contributed by atoms with Crippen molar-refractivity contribution in [2.45, 2.75) is 0 Å². The highest BCUT2D eigenvalue weighted by Gasteiger charge is 2.12.